The fraction of sp³-hybridized carbons (Fsp3) is 0.375. The Labute approximate surface area is 134 Å². The zero-order chi connectivity index (χ0) is 15.6. The number of nitrogens with two attached hydrogens (primary N) is 1. The SMILES string of the molecule is Cc1cc(-c2nc(CC(C)C)cc(NN)n2)cc(C)c1Br. The van der Waals surface area contributed by atoms with Crippen LogP contribution in [-0.4, -0.2) is 9.97 Å². The molecular formula is C16H21BrN4. The molecule has 0 unspecified atom stereocenters. The first-order chi connectivity index (χ1) is 9.90. The first-order valence-corrected chi connectivity index (χ1v) is 7.81. The Morgan fingerprint density at radius 1 is 1.14 bits per heavy atom. The zero-order valence-electron chi connectivity index (χ0n) is 12.9. The Kier molecular flexibility index (Phi) is 4.96. The standard InChI is InChI=1S/C16H21BrN4/c1-9(2)5-13-8-14(21-18)20-16(19-13)12-6-10(3)15(17)11(4)7-12/h6-9H,5,18H2,1-4H3,(H,19,20,21). The van der Waals surface area contributed by atoms with Crippen molar-refractivity contribution in [2.45, 2.75) is 34.1 Å². The molecule has 3 N–H and O–H groups in total. The second-order valence-electron chi connectivity index (χ2n) is 5.73. The van der Waals surface area contributed by atoms with Gasteiger partial charge in [0.25, 0.3) is 0 Å². The average molecular weight is 349 g/mol. The van der Waals surface area contributed by atoms with Crippen LogP contribution in [-0.2, 0) is 6.42 Å². The van der Waals surface area contributed by atoms with Gasteiger partial charge in [-0.1, -0.05) is 29.8 Å². The third-order valence-electron chi connectivity index (χ3n) is 3.24. The van der Waals surface area contributed by atoms with E-state index in [1.165, 1.54) is 11.1 Å². The van der Waals surface area contributed by atoms with E-state index in [2.05, 4.69) is 71.2 Å². The maximum absolute atomic E-state index is 5.53. The topological polar surface area (TPSA) is 63.8 Å². The van der Waals surface area contributed by atoms with Crippen molar-refractivity contribution in [3.05, 3.63) is 39.5 Å². The van der Waals surface area contributed by atoms with E-state index in [1.807, 2.05) is 6.07 Å². The first-order valence-electron chi connectivity index (χ1n) is 7.02. The van der Waals surface area contributed by atoms with Crippen LogP contribution in [0.2, 0.25) is 0 Å². The molecule has 0 fully saturated rings. The van der Waals surface area contributed by atoms with Gasteiger partial charge in [-0.15, -0.1) is 0 Å². The van der Waals surface area contributed by atoms with Gasteiger partial charge < -0.3 is 5.43 Å². The molecule has 4 nitrogen and oxygen atoms in total. The predicted octanol–water partition coefficient (Wildman–Crippen LogP) is 4.01. The van der Waals surface area contributed by atoms with Crippen LogP contribution in [0.25, 0.3) is 11.4 Å². The Morgan fingerprint density at radius 2 is 1.76 bits per heavy atom. The Hall–Kier alpha value is -1.46. The van der Waals surface area contributed by atoms with Gasteiger partial charge in [0.2, 0.25) is 0 Å². The van der Waals surface area contributed by atoms with Crippen LogP contribution < -0.4 is 11.3 Å². The lowest BCUT2D eigenvalue weighted by Gasteiger charge is -2.11. The molecule has 21 heavy (non-hydrogen) atoms. The lowest BCUT2D eigenvalue weighted by molar-refractivity contribution is 0.635. The zero-order valence-corrected chi connectivity index (χ0v) is 14.5. The molecule has 2 aromatic rings. The molecule has 0 bridgehead atoms. The fourth-order valence-corrected chi connectivity index (χ4v) is 2.53. The number of halogens is 1. The maximum atomic E-state index is 5.53. The molecule has 0 aliphatic rings. The summed E-state index contributed by atoms with van der Waals surface area (Å²) in [6.07, 6.45) is 0.901. The van der Waals surface area contributed by atoms with Crippen molar-refractivity contribution in [2.24, 2.45) is 11.8 Å². The van der Waals surface area contributed by atoms with E-state index in [-0.39, 0.29) is 0 Å². The van der Waals surface area contributed by atoms with Gasteiger partial charge >= 0.3 is 0 Å². The van der Waals surface area contributed by atoms with Crippen molar-refractivity contribution in [3.63, 3.8) is 0 Å². The second-order valence-corrected chi connectivity index (χ2v) is 6.53. The summed E-state index contributed by atoms with van der Waals surface area (Å²) in [5, 5.41) is 0. The summed E-state index contributed by atoms with van der Waals surface area (Å²) in [6, 6.07) is 6.08. The van der Waals surface area contributed by atoms with E-state index < -0.39 is 0 Å². The molecule has 0 aliphatic heterocycles. The Bertz CT molecular complexity index is 630. The number of hydrazine groups is 1. The number of rotatable bonds is 4. The van der Waals surface area contributed by atoms with Crippen LogP contribution >= 0.6 is 15.9 Å². The quantitative estimate of drug-likeness (QED) is 0.647. The highest BCUT2D eigenvalue weighted by Crippen LogP contribution is 2.27. The number of hydrogen-bond donors (Lipinski definition) is 2. The molecule has 2 rings (SSSR count). The molecule has 0 saturated heterocycles. The minimum Gasteiger partial charge on any atom is -0.308 e. The van der Waals surface area contributed by atoms with E-state index in [4.69, 9.17) is 5.84 Å². The van der Waals surface area contributed by atoms with Crippen molar-refractivity contribution in [1.82, 2.24) is 9.97 Å². The third-order valence-corrected chi connectivity index (χ3v) is 4.49. The van der Waals surface area contributed by atoms with Crippen LogP contribution in [0.3, 0.4) is 0 Å². The van der Waals surface area contributed by atoms with E-state index in [0.717, 1.165) is 22.2 Å². The van der Waals surface area contributed by atoms with Gasteiger partial charge in [0.1, 0.15) is 5.82 Å². The minimum atomic E-state index is 0.534. The highest BCUT2D eigenvalue weighted by atomic mass is 79.9. The molecule has 1 heterocycles. The molecule has 1 aromatic carbocycles. The number of nitrogens with zero attached hydrogens (tertiary/aromatic N) is 2. The predicted molar refractivity (Wildman–Crippen MR) is 91.0 cm³/mol. The van der Waals surface area contributed by atoms with Crippen LogP contribution in [0.4, 0.5) is 5.82 Å². The van der Waals surface area contributed by atoms with Crippen LogP contribution in [0.15, 0.2) is 22.7 Å². The highest BCUT2D eigenvalue weighted by molar-refractivity contribution is 9.10. The molecule has 1 aromatic heterocycles. The molecule has 112 valence electrons. The Morgan fingerprint density at radius 3 is 2.29 bits per heavy atom. The monoisotopic (exact) mass is 348 g/mol. The molecule has 0 saturated carbocycles. The van der Waals surface area contributed by atoms with E-state index >= 15 is 0 Å². The fourth-order valence-electron chi connectivity index (χ4n) is 2.30. The summed E-state index contributed by atoms with van der Waals surface area (Å²) in [5.41, 5.74) is 6.98. The van der Waals surface area contributed by atoms with Crippen LogP contribution in [0, 0.1) is 19.8 Å². The maximum Gasteiger partial charge on any atom is 0.161 e. The van der Waals surface area contributed by atoms with Crippen molar-refractivity contribution in [3.8, 4) is 11.4 Å². The van der Waals surface area contributed by atoms with Crippen molar-refractivity contribution >= 4 is 21.7 Å². The van der Waals surface area contributed by atoms with E-state index in [1.54, 1.807) is 0 Å². The number of nitrogen functional groups attached to an aromatic ring is 1. The molecule has 0 amide bonds. The number of aromatic nitrogens is 2. The molecule has 5 heteroatoms. The molecule has 0 radical (unpaired) electrons. The van der Waals surface area contributed by atoms with Gasteiger partial charge in [-0.2, -0.15) is 0 Å². The van der Waals surface area contributed by atoms with Crippen molar-refractivity contribution in [1.29, 1.82) is 0 Å². The van der Waals surface area contributed by atoms with Gasteiger partial charge in [-0.05, 0) is 49.4 Å². The molecule has 0 atom stereocenters. The number of benzene rings is 1. The van der Waals surface area contributed by atoms with Crippen molar-refractivity contribution in [2.75, 3.05) is 5.43 Å². The molecular weight excluding hydrogens is 328 g/mol. The number of anilines is 1. The van der Waals surface area contributed by atoms with Gasteiger partial charge in [-0.3, -0.25) is 0 Å². The molecule has 0 aliphatic carbocycles. The first kappa shape index (κ1) is 15.9. The van der Waals surface area contributed by atoms with E-state index in [0.29, 0.717) is 17.6 Å². The van der Waals surface area contributed by atoms with Crippen LogP contribution in [0.1, 0.15) is 30.7 Å². The summed E-state index contributed by atoms with van der Waals surface area (Å²) >= 11 is 3.59. The van der Waals surface area contributed by atoms with Gasteiger partial charge in [0, 0.05) is 21.8 Å². The van der Waals surface area contributed by atoms with Gasteiger partial charge in [0.05, 0.1) is 0 Å². The molecule has 0 spiro atoms. The summed E-state index contributed by atoms with van der Waals surface area (Å²) in [4.78, 5) is 9.16. The average Bonchev–Trinajstić information content (AvgIpc) is 2.43. The lowest BCUT2D eigenvalue weighted by Crippen LogP contribution is -2.11. The largest absolute Gasteiger partial charge is 0.308 e. The van der Waals surface area contributed by atoms with Crippen molar-refractivity contribution < 1.29 is 0 Å². The second kappa shape index (κ2) is 6.54. The number of aryl methyl sites for hydroxylation is 2. The number of hydrogen-bond acceptors (Lipinski definition) is 4. The minimum absolute atomic E-state index is 0.534. The summed E-state index contributed by atoms with van der Waals surface area (Å²) in [5.74, 6) is 7.42. The van der Waals surface area contributed by atoms with Gasteiger partial charge in [0.15, 0.2) is 5.82 Å². The van der Waals surface area contributed by atoms with Gasteiger partial charge in [-0.25, -0.2) is 15.8 Å². The summed E-state index contributed by atoms with van der Waals surface area (Å²) in [7, 11) is 0. The van der Waals surface area contributed by atoms with Crippen LogP contribution in [0.5, 0.6) is 0 Å². The number of nitrogens with one attached hydrogen (secondary N) is 1. The highest BCUT2D eigenvalue weighted by Gasteiger charge is 2.10. The summed E-state index contributed by atoms with van der Waals surface area (Å²) in [6.45, 7) is 8.48. The van der Waals surface area contributed by atoms with E-state index in [9.17, 15) is 0 Å². The lowest BCUT2D eigenvalue weighted by atomic mass is 10.1. The summed E-state index contributed by atoms with van der Waals surface area (Å²) < 4.78 is 1.13. The third kappa shape index (κ3) is 3.80. The normalized spacial score (nSPS) is 11.0. The Balaban J connectivity index is 2.52. The smallest absolute Gasteiger partial charge is 0.161 e.